The average Bonchev–Trinajstić information content (AvgIpc) is 2.70. The first-order chi connectivity index (χ1) is 7.68. The Labute approximate surface area is 98.3 Å². The fraction of sp³-hybridized carbons (Fsp3) is 1.00. The van der Waals surface area contributed by atoms with Crippen molar-refractivity contribution in [1.29, 1.82) is 0 Å². The van der Waals surface area contributed by atoms with E-state index in [9.17, 15) is 5.11 Å². The summed E-state index contributed by atoms with van der Waals surface area (Å²) < 4.78 is 10.7. The summed E-state index contributed by atoms with van der Waals surface area (Å²) in [6, 6.07) is 0. The molecule has 2 N–H and O–H groups in total. The summed E-state index contributed by atoms with van der Waals surface area (Å²) >= 11 is 0. The highest BCUT2D eigenvalue weighted by Gasteiger charge is 2.16. The maximum atomic E-state index is 9.62. The first kappa shape index (κ1) is 13.9. The number of ether oxygens (including phenoxy) is 2. The Morgan fingerprint density at radius 2 is 2.25 bits per heavy atom. The van der Waals surface area contributed by atoms with Crippen molar-refractivity contribution in [2.75, 3.05) is 39.5 Å². The number of aliphatic hydroxyl groups excluding tert-OH is 1. The molecular weight excluding hydrogens is 206 g/mol. The molecule has 0 aromatic carbocycles. The zero-order valence-corrected chi connectivity index (χ0v) is 10.4. The average molecular weight is 231 g/mol. The lowest BCUT2D eigenvalue weighted by Gasteiger charge is -2.14. The number of nitrogens with one attached hydrogen (secondary N) is 1. The molecule has 0 bridgehead atoms. The Balaban J connectivity index is 1.91. The minimum Gasteiger partial charge on any atom is -0.389 e. The maximum absolute atomic E-state index is 9.62. The largest absolute Gasteiger partial charge is 0.389 e. The Hall–Kier alpha value is -0.160. The van der Waals surface area contributed by atoms with Crippen LogP contribution in [0.1, 0.15) is 20.3 Å². The van der Waals surface area contributed by atoms with Gasteiger partial charge in [-0.1, -0.05) is 13.8 Å². The van der Waals surface area contributed by atoms with Crippen molar-refractivity contribution in [1.82, 2.24) is 5.32 Å². The van der Waals surface area contributed by atoms with E-state index in [1.165, 1.54) is 0 Å². The van der Waals surface area contributed by atoms with E-state index in [0.29, 0.717) is 31.6 Å². The molecule has 1 aliphatic heterocycles. The molecular formula is C12H25NO3. The molecule has 4 nitrogen and oxygen atoms in total. The summed E-state index contributed by atoms with van der Waals surface area (Å²) in [5, 5.41) is 12.8. The molecule has 2 unspecified atom stereocenters. The number of aliphatic hydroxyl groups is 1. The zero-order valence-electron chi connectivity index (χ0n) is 10.4. The molecule has 1 fully saturated rings. The van der Waals surface area contributed by atoms with E-state index in [0.717, 1.165) is 26.2 Å². The minimum absolute atomic E-state index is 0.402. The topological polar surface area (TPSA) is 50.7 Å². The van der Waals surface area contributed by atoms with E-state index in [1.807, 2.05) is 0 Å². The van der Waals surface area contributed by atoms with Crippen molar-refractivity contribution in [3.05, 3.63) is 0 Å². The SMILES string of the molecule is CC(C)CNCC(O)COCC1CCOC1. The number of rotatable bonds is 8. The smallest absolute Gasteiger partial charge is 0.0897 e. The molecule has 0 aromatic heterocycles. The van der Waals surface area contributed by atoms with Crippen LogP contribution >= 0.6 is 0 Å². The van der Waals surface area contributed by atoms with Gasteiger partial charge in [-0.15, -0.1) is 0 Å². The molecule has 0 radical (unpaired) electrons. The Morgan fingerprint density at radius 1 is 1.44 bits per heavy atom. The Morgan fingerprint density at radius 3 is 2.88 bits per heavy atom. The predicted molar refractivity (Wildman–Crippen MR) is 63.5 cm³/mol. The first-order valence-electron chi connectivity index (χ1n) is 6.22. The van der Waals surface area contributed by atoms with Crippen LogP contribution in [0.4, 0.5) is 0 Å². The van der Waals surface area contributed by atoms with Gasteiger partial charge in [-0.3, -0.25) is 0 Å². The molecule has 16 heavy (non-hydrogen) atoms. The van der Waals surface area contributed by atoms with Gasteiger partial charge >= 0.3 is 0 Å². The molecule has 0 amide bonds. The third-order valence-electron chi connectivity index (χ3n) is 2.62. The molecule has 0 aliphatic carbocycles. The minimum atomic E-state index is -0.402. The van der Waals surface area contributed by atoms with Crippen LogP contribution in [0.5, 0.6) is 0 Å². The van der Waals surface area contributed by atoms with Crippen molar-refractivity contribution in [2.45, 2.75) is 26.4 Å². The van der Waals surface area contributed by atoms with E-state index in [2.05, 4.69) is 19.2 Å². The first-order valence-corrected chi connectivity index (χ1v) is 6.22. The highest BCUT2D eigenvalue weighted by molar-refractivity contribution is 4.64. The summed E-state index contributed by atoms with van der Waals surface area (Å²) in [6.07, 6.45) is 0.683. The van der Waals surface area contributed by atoms with E-state index >= 15 is 0 Å². The van der Waals surface area contributed by atoms with Crippen LogP contribution in [0, 0.1) is 11.8 Å². The third kappa shape index (κ3) is 6.43. The molecule has 1 saturated heterocycles. The van der Waals surface area contributed by atoms with E-state index in [-0.39, 0.29) is 0 Å². The molecule has 96 valence electrons. The van der Waals surface area contributed by atoms with Gasteiger partial charge in [0.15, 0.2) is 0 Å². The molecule has 0 spiro atoms. The lowest BCUT2D eigenvalue weighted by Crippen LogP contribution is -2.33. The zero-order chi connectivity index (χ0) is 11.8. The highest BCUT2D eigenvalue weighted by atomic mass is 16.5. The van der Waals surface area contributed by atoms with Crippen molar-refractivity contribution in [3.8, 4) is 0 Å². The van der Waals surface area contributed by atoms with Gasteiger partial charge in [0.1, 0.15) is 0 Å². The third-order valence-corrected chi connectivity index (χ3v) is 2.62. The molecule has 4 heteroatoms. The summed E-state index contributed by atoms with van der Waals surface area (Å²) in [5.41, 5.74) is 0. The lowest BCUT2D eigenvalue weighted by atomic mass is 10.1. The lowest BCUT2D eigenvalue weighted by molar-refractivity contribution is 0.0195. The number of hydrogen-bond acceptors (Lipinski definition) is 4. The van der Waals surface area contributed by atoms with E-state index in [1.54, 1.807) is 0 Å². The van der Waals surface area contributed by atoms with Crippen LogP contribution in [0.15, 0.2) is 0 Å². The van der Waals surface area contributed by atoms with Gasteiger partial charge in [0.2, 0.25) is 0 Å². The molecule has 0 aromatic rings. The van der Waals surface area contributed by atoms with Crippen molar-refractivity contribution >= 4 is 0 Å². The standard InChI is InChI=1S/C12H25NO3/c1-10(2)5-13-6-12(14)9-16-8-11-3-4-15-7-11/h10-14H,3-9H2,1-2H3. The van der Waals surface area contributed by atoms with Gasteiger partial charge in [0.05, 0.1) is 25.9 Å². The van der Waals surface area contributed by atoms with E-state index in [4.69, 9.17) is 9.47 Å². The van der Waals surface area contributed by atoms with Gasteiger partial charge in [-0.2, -0.15) is 0 Å². The summed E-state index contributed by atoms with van der Waals surface area (Å²) in [4.78, 5) is 0. The van der Waals surface area contributed by atoms with Crippen molar-refractivity contribution in [2.24, 2.45) is 11.8 Å². The van der Waals surface area contributed by atoms with Crippen molar-refractivity contribution in [3.63, 3.8) is 0 Å². The quantitative estimate of drug-likeness (QED) is 0.644. The van der Waals surface area contributed by atoms with Crippen molar-refractivity contribution < 1.29 is 14.6 Å². The van der Waals surface area contributed by atoms with Crippen LogP contribution in [0.2, 0.25) is 0 Å². The number of hydrogen-bond donors (Lipinski definition) is 2. The Bertz CT molecular complexity index is 170. The summed E-state index contributed by atoms with van der Waals surface area (Å²) in [5.74, 6) is 1.14. The molecule has 2 atom stereocenters. The monoisotopic (exact) mass is 231 g/mol. The van der Waals surface area contributed by atoms with Gasteiger partial charge in [0, 0.05) is 19.1 Å². The van der Waals surface area contributed by atoms with Gasteiger partial charge in [-0.25, -0.2) is 0 Å². The van der Waals surface area contributed by atoms with Crippen LogP contribution in [-0.4, -0.2) is 50.7 Å². The molecule has 1 heterocycles. The summed E-state index contributed by atoms with van der Waals surface area (Å²) in [6.45, 7) is 8.63. The molecule has 0 saturated carbocycles. The van der Waals surface area contributed by atoms with Crippen LogP contribution in [0.3, 0.4) is 0 Å². The molecule has 1 rings (SSSR count). The van der Waals surface area contributed by atoms with Crippen LogP contribution in [-0.2, 0) is 9.47 Å². The van der Waals surface area contributed by atoms with E-state index < -0.39 is 6.10 Å². The normalized spacial score (nSPS) is 22.9. The Kier molecular flexibility index (Phi) is 6.96. The second-order valence-electron chi connectivity index (χ2n) is 4.97. The summed E-state index contributed by atoms with van der Waals surface area (Å²) in [7, 11) is 0. The molecule has 1 aliphatic rings. The van der Waals surface area contributed by atoms with Gasteiger partial charge in [0.25, 0.3) is 0 Å². The highest BCUT2D eigenvalue weighted by Crippen LogP contribution is 2.12. The fourth-order valence-corrected chi connectivity index (χ4v) is 1.68. The fourth-order valence-electron chi connectivity index (χ4n) is 1.68. The second-order valence-corrected chi connectivity index (χ2v) is 4.97. The van der Waals surface area contributed by atoms with Gasteiger partial charge < -0.3 is 19.9 Å². The van der Waals surface area contributed by atoms with Crippen LogP contribution in [0.25, 0.3) is 0 Å². The van der Waals surface area contributed by atoms with Gasteiger partial charge in [-0.05, 0) is 18.9 Å². The maximum Gasteiger partial charge on any atom is 0.0897 e. The van der Waals surface area contributed by atoms with Crippen LogP contribution < -0.4 is 5.32 Å². The second kappa shape index (κ2) is 8.01. The predicted octanol–water partition coefficient (Wildman–Crippen LogP) is 0.646.